The van der Waals surface area contributed by atoms with Crippen LogP contribution in [0.4, 0.5) is 5.69 Å². The Morgan fingerprint density at radius 3 is 2.69 bits per heavy atom. The lowest BCUT2D eigenvalue weighted by Crippen LogP contribution is -2.04. The van der Waals surface area contributed by atoms with Gasteiger partial charge in [0, 0.05) is 29.3 Å². The van der Waals surface area contributed by atoms with Gasteiger partial charge in [0.25, 0.3) is 5.69 Å². The molecule has 0 spiro atoms. The maximum atomic E-state index is 12.9. The first kappa shape index (κ1) is 18.3. The number of nitro benzene ring substituents is 1. The summed E-state index contributed by atoms with van der Waals surface area (Å²) in [6.45, 7) is 3.61. The first-order valence-corrected chi connectivity index (χ1v) is 8.79. The molecule has 0 unspecified atom stereocenters. The van der Waals surface area contributed by atoms with E-state index in [1.165, 1.54) is 29.1 Å². The summed E-state index contributed by atoms with van der Waals surface area (Å²) in [6.07, 6.45) is 1.42. The Hall–Kier alpha value is -4.07. The summed E-state index contributed by atoms with van der Waals surface area (Å²) >= 11 is 0. The zero-order chi connectivity index (χ0) is 20.7. The quantitative estimate of drug-likeness (QED) is 0.323. The third kappa shape index (κ3) is 3.20. The number of phenols is 1. The minimum absolute atomic E-state index is 0.0504. The topological polar surface area (TPSA) is 111 Å². The van der Waals surface area contributed by atoms with Gasteiger partial charge in [-0.2, -0.15) is 5.10 Å². The molecule has 4 aromatic rings. The van der Waals surface area contributed by atoms with Crippen molar-refractivity contribution in [2.24, 2.45) is 0 Å². The van der Waals surface area contributed by atoms with Crippen molar-refractivity contribution in [2.45, 2.75) is 13.8 Å². The number of hydrogen-bond acceptors (Lipinski definition) is 6. The summed E-state index contributed by atoms with van der Waals surface area (Å²) in [5, 5.41) is 26.2. The number of nitro groups is 1. The summed E-state index contributed by atoms with van der Waals surface area (Å²) in [4.78, 5) is 27.8. The van der Waals surface area contributed by atoms with Gasteiger partial charge in [0.2, 0.25) is 0 Å². The molecule has 0 amide bonds. The number of pyridine rings is 1. The Morgan fingerprint density at radius 2 is 1.93 bits per heavy atom. The number of aryl methyl sites for hydroxylation is 2. The molecule has 29 heavy (non-hydrogen) atoms. The number of fused-ring (bicyclic) bond motifs is 1. The van der Waals surface area contributed by atoms with Gasteiger partial charge in [0.15, 0.2) is 11.4 Å². The standard InChI is InChI=1S/C21H16N4O4/c1-12-6-7-19(26)18(8-12)20(27)14-9-17-13(2)23-24(21(17)22-11-14)15-4-3-5-16(10-15)25(28)29/h3-11,26H,1-2H3. The Bertz CT molecular complexity index is 1290. The zero-order valence-corrected chi connectivity index (χ0v) is 15.7. The normalized spacial score (nSPS) is 11.0. The highest BCUT2D eigenvalue weighted by Gasteiger charge is 2.18. The van der Waals surface area contributed by atoms with Gasteiger partial charge in [0.05, 0.1) is 21.9 Å². The van der Waals surface area contributed by atoms with E-state index in [1.807, 2.05) is 6.92 Å². The van der Waals surface area contributed by atoms with E-state index in [0.29, 0.717) is 28.0 Å². The minimum Gasteiger partial charge on any atom is -0.507 e. The van der Waals surface area contributed by atoms with Crippen LogP contribution in [-0.2, 0) is 0 Å². The second-order valence-electron chi connectivity index (χ2n) is 6.72. The monoisotopic (exact) mass is 388 g/mol. The van der Waals surface area contributed by atoms with Crippen LogP contribution in [0.1, 0.15) is 27.2 Å². The number of aromatic nitrogens is 3. The van der Waals surface area contributed by atoms with Gasteiger partial charge in [0.1, 0.15) is 5.75 Å². The van der Waals surface area contributed by atoms with Crippen LogP contribution < -0.4 is 0 Å². The van der Waals surface area contributed by atoms with Gasteiger partial charge < -0.3 is 5.11 Å². The Kier molecular flexibility index (Phi) is 4.31. The number of ketones is 1. The molecule has 0 fully saturated rings. The van der Waals surface area contributed by atoms with E-state index in [4.69, 9.17) is 0 Å². The average Bonchev–Trinajstić information content (AvgIpc) is 3.05. The van der Waals surface area contributed by atoms with Crippen LogP contribution in [0.2, 0.25) is 0 Å². The van der Waals surface area contributed by atoms with Gasteiger partial charge in [-0.1, -0.05) is 17.7 Å². The zero-order valence-electron chi connectivity index (χ0n) is 15.7. The van der Waals surface area contributed by atoms with Gasteiger partial charge >= 0.3 is 0 Å². The summed E-state index contributed by atoms with van der Waals surface area (Å²) in [5.41, 5.74) is 2.94. The molecular weight excluding hydrogens is 372 g/mol. The first-order valence-electron chi connectivity index (χ1n) is 8.79. The van der Waals surface area contributed by atoms with Crippen molar-refractivity contribution >= 4 is 22.5 Å². The predicted molar refractivity (Wildman–Crippen MR) is 107 cm³/mol. The highest BCUT2D eigenvalue weighted by atomic mass is 16.6. The molecule has 2 aromatic carbocycles. The molecule has 0 radical (unpaired) electrons. The summed E-state index contributed by atoms with van der Waals surface area (Å²) in [6, 6.07) is 12.6. The number of aromatic hydroxyl groups is 1. The number of rotatable bonds is 4. The van der Waals surface area contributed by atoms with Gasteiger partial charge in [-0.25, -0.2) is 9.67 Å². The van der Waals surface area contributed by atoms with Crippen LogP contribution in [0.3, 0.4) is 0 Å². The number of benzene rings is 2. The van der Waals surface area contributed by atoms with Crippen LogP contribution in [-0.4, -0.2) is 30.6 Å². The lowest BCUT2D eigenvalue weighted by Gasteiger charge is -2.06. The molecule has 4 rings (SSSR count). The van der Waals surface area contributed by atoms with Crippen LogP contribution in [0.25, 0.3) is 16.7 Å². The molecular formula is C21H16N4O4. The van der Waals surface area contributed by atoms with E-state index in [0.717, 1.165) is 5.56 Å². The smallest absolute Gasteiger partial charge is 0.271 e. The van der Waals surface area contributed by atoms with Crippen LogP contribution in [0.15, 0.2) is 54.7 Å². The van der Waals surface area contributed by atoms with Crippen molar-refractivity contribution in [1.29, 1.82) is 0 Å². The van der Waals surface area contributed by atoms with Gasteiger partial charge in [-0.05, 0) is 38.1 Å². The van der Waals surface area contributed by atoms with Crippen LogP contribution >= 0.6 is 0 Å². The third-order valence-corrected chi connectivity index (χ3v) is 4.65. The highest BCUT2D eigenvalue weighted by molar-refractivity contribution is 6.11. The fourth-order valence-electron chi connectivity index (χ4n) is 3.17. The lowest BCUT2D eigenvalue weighted by molar-refractivity contribution is -0.384. The molecule has 0 aliphatic rings. The van der Waals surface area contributed by atoms with Gasteiger partial charge in [-0.3, -0.25) is 14.9 Å². The molecule has 144 valence electrons. The number of hydrogen-bond donors (Lipinski definition) is 1. The van der Waals surface area contributed by atoms with Crippen molar-refractivity contribution in [1.82, 2.24) is 14.8 Å². The molecule has 0 bridgehead atoms. The molecule has 2 heterocycles. The molecule has 2 aromatic heterocycles. The van der Waals surface area contributed by atoms with Crippen molar-refractivity contribution < 1.29 is 14.8 Å². The molecule has 8 nitrogen and oxygen atoms in total. The van der Waals surface area contributed by atoms with Crippen molar-refractivity contribution in [3.63, 3.8) is 0 Å². The van der Waals surface area contributed by atoms with Gasteiger partial charge in [-0.15, -0.1) is 0 Å². The molecule has 0 atom stereocenters. The second-order valence-corrected chi connectivity index (χ2v) is 6.72. The number of carbonyl (C=O) groups excluding carboxylic acids is 1. The maximum Gasteiger partial charge on any atom is 0.271 e. The predicted octanol–water partition coefficient (Wildman–Crippen LogP) is 3.88. The van der Waals surface area contributed by atoms with Crippen LogP contribution in [0, 0.1) is 24.0 Å². The highest BCUT2D eigenvalue weighted by Crippen LogP contribution is 2.26. The summed E-state index contributed by atoms with van der Waals surface area (Å²) in [7, 11) is 0. The molecule has 0 aliphatic carbocycles. The second kappa shape index (κ2) is 6.83. The first-order chi connectivity index (χ1) is 13.8. The molecule has 0 saturated heterocycles. The fraction of sp³-hybridized carbons (Fsp3) is 0.0952. The SMILES string of the molecule is Cc1ccc(O)c(C(=O)c2cnc3c(c2)c(C)nn3-c2cccc([N+](=O)[O-])c2)c1. The van der Waals surface area contributed by atoms with E-state index in [2.05, 4.69) is 10.1 Å². The summed E-state index contributed by atoms with van der Waals surface area (Å²) in [5.74, 6) is -0.437. The largest absolute Gasteiger partial charge is 0.507 e. The van der Waals surface area contributed by atoms with E-state index < -0.39 is 4.92 Å². The maximum absolute atomic E-state index is 12.9. The van der Waals surface area contributed by atoms with Crippen molar-refractivity contribution in [3.8, 4) is 11.4 Å². The molecule has 8 heteroatoms. The molecule has 0 aliphatic heterocycles. The average molecular weight is 388 g/mol. The number of phenolic OH excluding ortho intramolecular Hbond substituents is 1. The lowest BCUT2D eigenvalue weighted by atomic mass is 10.0. The van der Waals surface area contributed by atoms with Crippen LogP contribution in [0.5, 0.6) is 5.75 Å². The van der Waals surface area contributed by atoms with E-state index in [9.17, 15) is 20.0 Å². The van der Waals surface area contributed by atoms with Crippen molar-refractivity contribution in [3.05, 3.63) is 87.2 Å². The van der Waals surface area contributed by atoms with E-state index in [1.54, 1.807) is 37.3 Å². The number of non-ortho nitro benzene ring substituents is 1. The molecule has 1 N–H and O–H groups in total. The minimum atomic E-state index is -0.472. The Labute approximate surface area is 165 Å². The molecule has 0 saturated carbocycles. The Morgan fingerprint density at radius 1 is 1.14 bits per heavy atom. The van der Waals surface area contributed by atoms with E-state index >= 15 is 0 Å². The van der Waals surface area contributed by atoms with Crippen molar-refractivity contribution in [2.75, 3.05) is 0 Å². The van der Waals surface area contributed by atoms with E-state index in [-0.39, 0.29) is 22.8 Å². The third-order valence-electron chi connectivity index (χ3n) is 4.65. The fourth-order valence-corrected chi connectivity index (χ4v) is 3.17. The Balaban J connectivity index is 1.82. The summed E-state index contributed by atoms with van der Waals surface area (Å²) < 4.78 is 1.51. The number of nitrogens with zero attached hydrogens (tertiary/aromatic N) is 4. The number of carbonyl (C=O) groups is 1.